The molecule has 0 atom stereocenters. The monoisotopic (exact) mass is 214 g/mol. The van der Waals surface area contributed by atoms with Gasteiger partial charge in [-0.3, -0.25) is 9.35 Å². The van der Waals surface area contributed by atoms with Crippen LogP contribution in [0.3, 0.4) is 0 Å². The molecular formula is C9H10O4S. The lowest BCUT2D eigenvalue weighted by Gasteiger charge is -1.99. The standard InChI is InChI=1S/C9H10O4S/c1-7(10)6-8-2-4-9(5-3-8)14(11,12)13/h2-5H,6H2,1H3,(H,11,12,13). The summed E-state index contributed by atoms with van der Waals surface area (Å²) in [7, 11) is -4.13. The van der Waals surface area contributed by atoms with E-state index in [0.717, 1.165) is 5.56 Å². The molecular weight excluding hydrogens is 204 g/mol. The van der Waals surface area contributed by atoms with E-state index < -0.39 is 10.1 Å². The molecule has 0 heterocycles. The largest absolute Gasteiger partial charge is 0.300 e. The summed E-state index contributed by atoms with van der Waals surface area (Å²) >= 11 is 0. The van der Waals surface area contributed by atoms with Gasteiger partial charge in [0.1, 0.15) is 5.78 Å². The van der Waals surface area contributed by atoms with Crippen LogP contribution in [0.25, 0.3) is 0 Å². The van der Waals surface area contributed by atoms with Crippen LogP contribution in [0.1, 0.15) is 12.5 Å². The highest BCUT2D eigenvalue weighted by molar-refractivity contribution is 7.85. The summed E-state index contributed by atoms with van der Waals surface area (Å²) in [5, 5.41) is 0. The van der Waals surface area contributed by atoms with Crippen LogP contribution in [0.2, 0.25) is 0 Å². The van der Waals surface area contributed by atoms with Crippen molar-refractivity contribution in [2.75, 3.05) is 0 Å². The van der Waals surface area contributed by atoms with Gasteiger partial charge in [0, 0.05) is 6.42 Å². The van der Waals surface area contributed by atoms with Crippen molar-refractivity contribution in [2.24, 2.45) is 0 Å². The Hall–Kier alpha value is -1.20. The van der Waals surface area contributed by atoms with Crippen LogP contribution < -0.4 is 0 Å². The molecule has 1 aromatic rings. The lowest BCUT2D eigenvalue weighted by molar-refractivity contribution is -0.116. The first kappa shape index (κ1) is 10.9. The third-order valence-corrected chi connectivity index (χ3v) is 2.54. The summed E-state index contributed by atoms with van der Waals surface area (Å²) < 4.78 is 30.0. The fourth-order valence-corrected chi connectivity index (χ4v) is 1.55. The van der Waals surface area contributed by atoms with Gasteiger partial charge in [-0.05, 0) is 24.6 Å². The molecule has 14 heavy (non-hydrogen) atoms. The normalized spacial score (nSPS) is 11.3. The Kier molecular flexibility index (Phi) is 3.03. The maximum Gasteiger partial charge on any atom is 0.294 e. The van der Waals surface area contributed by atoms with Crippen LogP contribution in [0.4, 0.5) is 0 Å². The van der Waals surface area contributed by atoms with E-state index in [-0.39, 0.29) is 17.1 Å². The molecule has 76 valence electrons. The molecule has 1 aromatic carbocycles. The SMILES string of the molecule is CC(=O)Cc1ccc(S(=O)(=O)O)cc1. The average Bonchev–Trinajstić information content (AvgIpc) is 2.02. The van der Waals surface area contributed by atoms with Gasteiger partial charge in [-0.1, -0.05) is 12.1 Å². The Balaban J connectivity index is 2.95. The van der Waals surface area contributed by atoms with Crippen molar-refractivity contribution in [2.45, 2.75) is 18.2 Å². The van der Waals surface area contributed by atoms with Crippen LogP contribution in [0.5, 0.6) is 0 Å². The molecule has 0 saturated heterocycles. The number of ketones is 1. The highest BCUT2D eigenvalue weighted by Gasteiger charge is 2.08. The Bertz CT molecular complexity index is 430. The van der Waals surface area contributed by atoms with Gasteiger partial charge in [0.15, 0.2) is 0 Å². The quantitative estimate of drug-likeness (QED) is 0.764. The molecule has 0 aliphatic heterocycles. The lowest BCUT2D eigenvalue weighted by atomic mass is 10.1. The van der Waals surface area contributed by atoms with E-state index >= 15 is 0 Å². The van der Waals surface area contributed by atoms with Crippen LogP contribution >= 0.6 is 0 Å². The number of hydrogen-bond acceptors (Lipinski definition) is 3. The van der Waals surface area contributed by atoms with Crippen molar-refractivity contribution >= 4 is 15.9 Å². The first-order chi connectivity index (χ1) is 6.39. The predicted octanol–water partition coefficient (Wildman–Crippen LogP) is 1.06. The first-order valence-electron chi connectivity index (χ1n) is 3.95. The van der Waals surface area contributed by atoms with Crippen molar-refractivity contribution in [3.63, 3.8) is 0 Å². The second kappa shape index (κ2) is 3.89. The van der Waals surface area contributed by atoms with E-state index in [1.165, 1.54) is 31.2 Å². The van der Waals surface area contributed by atoms with Crippen LogP contribution in [0, 0.1) is 0 Å². The van der Waals surface area contributed by atoms with E-state index in [1.54, 1.807) is 0 Å². The molecule has 0 bridgehead atoms. The van der Waals surface area contributed by atoms with Gasteiger partial charge in [-0.2, -0.15) is 8.42 Å². The Morgan fingerprint density at radius 1 is 1.29 bits per heavy atom. The Morgan fingerprint density at radius 2 is 1.79 bits per heavy atom. The van der Waals surface area contributed by atoms with Gasteiger partial charge < -0.3 is 0 Å². The van der Waals surface area contributed by atoms with Crippen molar-refractivity contribution in [3.05, 3.63) is 29.8 Å². The Labute approximate surface area is 82.3 Å². The molecule has 0 aromatic heterocycles. The van der Waals surface area contributed by atoms with Crippen molar-refractivity contribution in [3.8, 4) is 0 Å². The number of hydrogen-bond donors (Lipinski definition) is 1. The molecule has 0 fully saturated rings. The lowest BCUT2D eigenvalue weighted by Crippen LogP contribution is -2.00. The zero-order valence-corrected chi connectivity index (χ0v) is 8.41. The summed E-state index contributed by atoms with van der Waals surface area (Å²) in [6, 6.07) is 5.55. The van der Waals surface area contributed by atoms with Gasteiger partial charge >= 0.3 is 0 Å². The average molecular weight is 214 g/mol. The number of carbonyl (C=O) groups is 1. The van der Waals surface area contributed by atoms with E-state index in [1.807, 2.05) is 0 Å². The Morgan fingerprint density at radius 3 is 2.14 bits per heavy atom. The summed E-state index contributed by atoms with van der Waals surface area (Å²) in [6.07, 6.45) is 0.270. The minimum absolute atomic E-state index is 0.00426. The third-order valence-electron chi connectivity index (χ3n) is 1.67. The molecule has 1 N–H and O–H groups in total. The zero-order chi connectivity index (χ0) is 10.8. The molecule has 5 heteroatoms. The fourth-order valence-electron chi connectivity index (χ4n) is 1.07. The summed E-state index contributed by atoms with van der Waals surface area (Å²) in [5.41, 5.74) is 0.727. The van der Waals surface area contributed by atoms with E-state index in [4.69, 9.17) is 4.55 Å². The van der Waals surface area contributed by atoms with Crippen LogP contribution in [-0.4, -0.2) is 18.8 Å². The number of benzene rings is 1. The molecule has 0 aliphatic rings. The van der Waals surface area contributed by atoms with Gasteiger partial charge in [-0.15, -0.1) is 0 Å². The third kappa shape index (κ3) is 2.93. The first-order valence-corrected chi connectivity index (χ1v) is 5.39. The molecule has 0 spiro atoms. The predicted molar refractivity (Wildman–Crippen MR) is 50.6 cm³/mol. The molecule has 4 nitrogen and oxygen atoms in total. The molecule has 0 unspecified atom stereocenters. The molecule has 0 aliphatic carbocycles. The molecule has 0 radical (unpaired) electrons. The maximum atomic E-state index is 10.7. The van der Waals surface area contributed by atoms with Gasteiger partial charge in [0.05, 0.1) is 4.90 Å². The highest BCUT2D eigenvalue weighted by Crippen LogP contribution is 2.10. The highest BCUT2D eigenvalue weighted by atomic mass is 32.2. The second-order valence-corrected chi connectivity index (χ2v) is 4.42. The van der Waals surface area contributed by atoms with Gasteiger partial charge in [-0.25, -0.2) is 0 Å². The van der Waals surface area contributed by atoms with Crippen molar-refractivity contribution in [1.82, 2.24) is 0 Å². The minimum atomic E-state index is -4.13. The smallest absolute Gasteiger partial charge is 0.294 e. The topological polar surface area (TPSA) is 71.4 Å². The van der Waals surface area contributed by atoms with Crippen LogP contribution in [-0.2, 0) is 21.3 Å². The summed E-state index contributed by atoms with van der Waals surface area (Å²) in [5.74, 6) is 0.00426. The number of rotatable bonds is 3. The number of carbonyl (C=O) groups excluding carboxylic acids is 1. The van der Waals surface area contributed by atoms with E-state index in [9.17, 15) is 13.2 Å². The molecule has 0 amide bonds. The second-order valence-electron chi connectivity index (χ2n) is 3.00. The summed E-state index contributed by atoms with van der Waals surface area (Å²) in [6.45, 7) is 1.46. The summed E-state index contributed by atoms with van der Waals surface area (Å²) in [4.78, 5) is 10.6. The van der Waals surface area contributed by atoms with Gasteiger partial charge in [0.2, 0.25) is 0 Å². The zero-order valence-electron chi connectivity index (χ0n) is 7.60. The van der Waals surface area contributed by atoms with E-state index in [2.05, 4.69) is 0 Å². The van der Waals surface area contributed by atoms with Crippen molar-refractivity contribution in [1.29, 1.82) is 0 Å². The number of Topliss-reactive ketones (excluding diaryl/α,β-unsaturated/α-hetero) is 1. The fraction of sp³-hybridized carbons (Fsp3) is 0.222. The van der Waals surface area contributed by atoms with E-state index in [0.29, 0.717) is 0 Å². The minimum Gasteiger partial charge on any atom is -0.300 e. The van der Waals surface area contributed by atoms with Crippen molar-refractivity contribution < 1.29 is 17.8 Å². The van der Waals surface area contributed by atoms with Gasteiger partial charge in [0.25, 0.3) is 10.1 Å². The molecule has 0 saturated carbocycles. The van der Waals surface area contributed by atoms with Crippen LogP contribution in [0.15, 0.2) is 29.2 Å². The maximum absolute atomic E-state index is 10.7. The molecule has 1 rings (SSSR count).